The molecular weight excluding hydrogens is 314 g/mol. The molecule has 2 aromatic carbocycles. The van der Waals surface area contributed by atoms with Crippen molar-refractivity contribution in [3.63, 3.8) is 0 Å². The van der Waals surface area contributed by atoms with Crippen molar-refractivity contribution in [3.05, 3.63) is 78.4 Å². The van der Waals surface area contributed by atoms with Gasteiger partial charge in [-0.1, -0.05) is 48.5 Å². The number of fused-ring (bicyclic) bond motifs is 2. The molecule has 0 spiro atoms. The van der Waals surface area contributed by atoms with Gasteiger partial charge in [0.1, 0.15) is 5.69 Å². The van der Waals surface area contributed by atoms with Crippen molar-refractivity contribution in [3.8, 4) is 16.3 Å². The van der Waals surface area contributed by atoms with Crippen LogP contribution in [0.3, 0.4) is 0 Å². The molecule has 0 amide bonds. The zero-order valence-corrected chi connectivity index (χ0v) is 13.6. The van der Waals surface area contributed by atoms with Gasteiger partial charge < -0.3 is 0 Å². The quantitative estimate of drug-likeness (QED) is 0.440. The van der Waals surface area contributed by atoms with E-state index in [4.69, 9.17) is 5.10 Å². The summed E-state index contributed by atoms with van der Waals surface area (Å²) in [5, 5.41) is 10.5. The molecular formula is C20H13N3S. The highest BCUT2D eigenvalue weighted by atomic mass is 32.1. The normalized spacial score (nSPS) is 11.3. The van der Waals surface area contributed by atoms with Gasteiger partial charge in [0.25, 0.3) is 0 Å². The maximum atomic E-state index is 4.94. The lowest BCUT2D eigenvalue weighted by Crippen LogP contribution is -1.98. The molecule has 0 N–H and O–H groups in total. The minimum Gasteiger partial charge on any atom is -0.262 e. The monoisotopic (exact) mass is 327 g/mol. The molecule has 0 unspecified atom stereocenters. The molecule has 3 nitrogen and oxygen atoms in total. The van der Waals surface area contributed by atoms with E-state index in [0.717, 1.165) is 33.1 Å². The minimum atomic E-state index is 1.01. The second-order valence-electron chi connectivity index (χ2n) is 5.63. The van der Waals surface area contributed by atoms with Gasteiger partial charge >= 0.3 is 0 Å². The molecule has 0 bridgehead atoms. The van der Waals surface area contributed by atoms with Crippen molar-refractivity contribution in [1.82, 2.24) is 14.8 Å². The zero-order chi connectivity index (χ0) is 15.9. The summed E-state index contributed by atoms with van der Waals surface area (Å²) < 4.78 is 2.01. The zero-order valence-electron chi connectivity index (χ0n) is 12.8. The molecule has 3 aromatic heterocycles. The Morgan fingerprint density at radius 2 is 1.62 bits per heavy atom. The van der Waals surface area contributed by atoms with Gasteiger partial charge in [-0.3, -0.25) is 4.98 Å². The summed E-state index contributed by atoms with van der Waals surface area (Å²) in [6.07, 6.45) is 3.78. The van der Waals surface area contributed by atoms with E-state index in [1.807, 2.05) is 23.1 Å². The lowest BCUT2D eigenvalue weighted by Gasteiger charge is -2.07. The van der Waals surface area contributed by atoms with Crippen molar-refractivity contribution in [1.29, 1.82) is 0 Å². The second kappa shape index (κ2) is 5.28. The first-order valence-corrected chi connectivity index (χ1v) is 8.64. The predicted molar refractivity (Wildman–Crippen MR) is 99.7 cm³/mol. The Kier molecular flexibility index (Phi) is 2.96. The van der Waals surface area contributed by atoms with E-state index < -0.39 is 0 Å². The van der Waals surface area contributed by atoms with Gasteiger partial charge in [-0.15, -0.1) is 11.3 Å². The number of hydrogen-bond acceptors (Lipinski definition) is 3. The van der Waals surface area contributed by atoms with Crippen LogP contribution in [0.5, 0.6) is 0 Å². The number of para-hydroxylation sites is 1. The third-order valence-electron chi connectivity index (χ3n) is 4.22. The first-order valence-electron chi connectivity index (χ1n) is 7.76. The van der Waals surface area contributed by atoms with Gasteiger partial charge in [-0.05, 0) is 17.5 Å². The molecule has 0 radical (unpaired) electrons. The van der Waals surface area contributed by atoms with Crippen LogP contribution in [-0.2, 0) is 0 Å². The van der Waals surface area contributed by atoms with E-state index in [2.05, 4.69) is 65.0 Å². The molecule has 114 valence electrons. The van der Waals surface area contributed by atoms with Gasteiger partial charge in [0.2, 0.25) is 0 Å². The Hall–Kier alpha value is -2.98. The standard InChI is InChI=1S/C20H13N3S/c1-2-7-15-14(6-1)12-21-13-18(15)23-17-9-4-3-8-16(17)20(22-23)19-10-5-11-24-19/h1-13H. The Balaban J connectivity index is 1.87. The van der Waals surface area contributed by atoms with Gasteiger partial charge in [-0.25, -0.2) is 4.68 Å². The first-order chi connectivity index (χ1) is 11.9. The SMILES string of the molecule is c1csc(-c2nn(-c3cncc4ccccc34)c3ccccc23)c1. The van der Waals surface area contributed by atoms with Crippen LogP contribution in [0.25, 0.3) is 37.9 Å². The summed E-state index contributed by atoms with van der Waals surface area (Å²) in [6.45, 7) is 0. The van der Waals surface area contributed by atoms with Gasteiger partial charge in [0, 0.05) is 22.4 Å². The summed E-state index contributed by atoms with van der Waals surface area (Å²) in [5.41, 5.74) is 3.12. The van der Waals surface area contributed by atoms with Crippen LogP contribution in [0.1, 0.15) is 0 Å². The summed E-state index contributed by atoms with van der Waals surface area (Å²) in [6, 6.07) is 20.8. The van der Waals surface area contributed by atoms with Crippen LogP contribution in [-0.4, -0.2) is 14.8 Å². The lowest BCUT2D eigenvalue weighted by molar-refractivity contribution is 0.917. The molecule has 0 aliphatic heterocycles. The van der Waals surface area contributed by atoms with Gasteiger partial charge in [0.05, 0.1) is 22.3 Å². The first kappa shape index (κ1) is 13.5. The molecule has 24 heavy (non-hydrogen) atoms. The number of benzene rings is 2. The average Bonchev–Trinajstić information content (AvgIpc) is 3.29. The number of nitrogens with zero attached hydrogens (tertiary/aromatic N) is 3. The number of hydrogen-bond donors (Lipinski definition) is 0. The fourth-order valence-corrected chi connectivity index (χ4v) is 3.84. The van der Waals surface area contributed by atoms with E-state index >= 15 is 0 Å². The van der Waals surface area contributed by atoms with Crippen LogP contribution in [0, 0.1) is 0 Å². The van der Waals surface area contributed by atoms with E-state index in [1.165, 1.54) is 4.88 Å². The largest absolute Gasteiger partial charge is 0.262 e. The third-order valence-corrected chi connectivity index (χ3v) is 5.09. The van der Waals surface area contributed by atoms with Crippen LogP contribution in [0.4, 0.5) is 0 Å². The molecule has 0 aliphatic rings. The fourth-order valence-electron chi connectivity index (χ4n) is 3.11. The van der Waals surface area contributed by atoms with Crippen molar-refractivity contribution < 1.29 is 0 Å². The van der Waals surface area contributed by atoms with E-state index in [1.54, 1.807) is 11.3 Å². The van der Waals surface area contributed by atoms with Crippen molar-refractivity contribution in [2.45, 2.75) is 0 Å². The highest BCUT2D eigenvalue weighted by Gasteiger charge is 2.15. The van der Waals surface area contributed by atoms with Crippen molar-refractivity contribution in [2.75, 3.05) is 0 Å². The Labute approximate surface area is 142 Å². The molecule has 0 atom stereocenters. The summed E-state index contributed by atoms with van der Waals surface area (Å²) in [7, 11) is 0. The van der Waals surface area contributed by atoms with Crippen LogP contribution < -0.4 is 0 Å². The van der Waals surface area contributed by atoms with Crippen LogP contribution >= 0.6 is 11.3 Å². The minimum absolute atomic E-state index is 1.01. The van der Waals surface area contributed by atoms with E-state index in [9.17, 15) is 0 Å². The van der Waals surface area contributed by atoms with Crippen molar-refractivity contribution in [2.24, 2.45) is 0 Å². The summed E-state index contributed by atoms with van der Waals surface area (Å²) >= 11 is 1.71. The van der Waals surface area contributed by atoms with Crippen LogP contribution in [0.15, 0.2) is 78.4 Å². The molecule has 0 aliphatic carbocycles. The number of thiophene rings is 1. The molecule has 5 rings (SSSR count). The highest BCUT2D eigenvalue weighted by molar-refractivity contribution is 7.13. The van der Waals surface area contributed by atoms with Gasteiger partial charge in [-0.2, -0.15) is 5.10 Å². The molecule has 5 aromatic rings. The molecule has 4 heteroatoms. The Morgan fingerprint density at radius 1 is 0.792 bits per heavy atom. The van der Waals surface area contributed by atoms with Gasteiger partial charge in [0.15, 0.2) is 0 Å². The smallest absolute Gasteiger partial charge is 0.111 e. The van der Waals surface area contributed by atoms with Crippen molar-refractivity contribution >= 4 is 33.0 Å². The molecule has 3 heterocycles. The maximum Gasteiger partial charge on any atom is 0.111 e. The maximum absolute atomic E-state index is 4.94. The van der Waals surface area contributed by atoms with E-state index in [-0.39, 0.29) is 0 Å². The summed E-state index contributed by atoms with van der Waals surface area (Å²) in [5.74, 6) is 0. The topological polar surface area (TPSA) is 30.7 Å². The third kappa shape index (κ3) is 1.97. The number of rotatable bonds is 2. The van der Waals surface area contributed by atoms with Crippen LogP contribution in [0.2, 0.25) is 0 Å². The highest BCUT2D eigenvalue weighted by Crippen LogP contribution is 2.33. The molecule has 0 saturated heterocycles. The lowest BCUT2D eigenvalue weighted by atomic mass is 10.1. The predicted octanol–water partition coefficient (Wildman–Crippen LogP) is 5.30. The molecule has 0 fully saturated rings. The number of aromatic nitrogens is 3. The molecule has 0 saturated carbocycles. The summed E-state index contributed by atoms with van der Waals surface area (Å²) in [4.78, 5) is 5.59. The fraction of sp³-hybridized carbons (Fsp3) is 0. The Morgan fingerprint density at radius 3 is 2.50 bits per heavy atom. The second-order valence-corrected chi connectivity index (χ2v) is 6.58. The average molecular weight is 327 g/mol. The van der Waals surface area contributed by atoms with E-state index in [0.29, 0.717) is 0 Å². The number of pyridine rings is 1. The Bertz CT molecular complexity index is 1150.